The summed E-state index contributed by atoms with van der Waals surface area (Å²) in [7, 11) is -4.08. The highest BCUT2D eigenvalue weighted by Gasteiger charge is 2.06. The maximum atomic E-state index is 10.5. The lowest BCUT2D eigenvalue weighted by Crippen LogP contribution is -1.97. The van der Waals surface area contributed by atoms with E-state index in [9.17, 15) is 8.42 Å². The van der Waals surface area contributed by atoms with E-state index in [-0.39, 0.29) is 4.90 Å². The topological polar surface area (TPSA) is 115 Å². The van der Waals surface area contributed by atoms with Gasteiger partial charge in [0, 0.05) is 5.69 Å². The second-order valence-corrected chi connectivity index (χ2v) is 3.75. The summed E-state index contributed by atoms with van der Waals surface area (Å²) in [4.78, 5) is 17.0. The molecule has 0 radical (unpaired) electrons. The molecule has 92 valence electrons. The number of benzene rings is 1. The second kappa shape index (κ2) is 9.08. The lowest BCUT2D eigenvalue weighted by molar-refractivity contribution is 0.483. The summed E-state index contributed by atoms with van der Waals surface area (Å²) in [6, 6.07) is 5.29. The Morgan fingerprint density at radius 3 is 1.59 bits per heavy atom. The summed E-state index contributed by atoms with van der Waals surface area (Å²) in [5.74, 6) is 2.50. The number of nitrogens with two attached hydrogens (primary N) is 1. The van der Waals surface area contributed by atoms with Crippen LogP contribution in [-0.4, -0.2) is 24.9 Å². The minimum absolute atomic E-state index is 0.147. The van der Waals surface area contributed by atoms with Crippen LogP contribution in [0.5, 0.6) is 0 Å². The molecule has 0 spiro atoms. The molecule has 7 heteroatoms. The summed E-state index contributed by atoms with van der Waals surface area (Å²) < 4.78 is 29.4. The van der Waals surface area contributed by atoms with Gasteiger partial charge in [0.1, 0.15) is 11.9 Å². The van der Waals surface area contributed by atoms with E-state index in [0.29, 0.717) is 5.69 Å². The van der Waals surface area contributed by atoms with Gasteiger partial charge < -0.3 is 5.73 Å². The highest BCUT2D eigenvalue weighted by molar-refractivity contribution is 7.85. The third kappa shape index (κ3) is 10.1. The Morgan fingerprint density at radius 1 is 1.06 bits per heavy atom. The van der Waals surface area contributed by atoms with Crippen LogP contribution in [0.2, 0.25) is 0 Å². The van der Waals surface area contributed by atoms with Crippen LogP contribution in [0.3, 0.4) is 0 Å². The number of hydrogen-bond donors (Lipinski definition) is 2. The van der Waals surface area contributed by atoms with Gasteiger partial charge in [-0.15, -0.1) is 0 Å². The Balaban J connectivity index is 0. The van der Waals surface area contributed by atoms with Gasteiger partial charge in [0.05, 0.1) is 4.90 Å². The first-order valence-corrected chi connectivity index (χ1v) is 5.39. The van der Waals surface area contributed by atoms with E-state index in [0.717, 1.165) is 0 Å². The largest absolute Gasteiger partial charge is 0.399 e. The number of anilines is 1. The van der Waals surface area contributed by atoms with Gasteiger partial charge in [0.2, 0.25) is 0 Å². The van der Waals surface area contributed by atoms with Gasteiger partial charge in [-0.25, -0.2) is 9.59 Å². The van der Waals surface area contributed by atoms with Gasteiger partial charge in [-0.3, -0.25) is 4.55 Å². The number of rotatable bonds is 1. The van der Waals surface area contributed by atoms with Crippen LogP contribution in [0, 0.1) is 0 Å². The van der Waals surface area contributed by atoms with Crippen LogP contribution in [0.25, 0.3) is 0 Å². The van der Waals surface area contributed by atoms with Gasteiger partial charge in [0.25, 0.3) is 10.1 Å². The number of carbonyl (C=O) groups excluding carboxylic acids is 2. The minimum atomic E-state index is -4.08. The molecule has 0 saturated heterocycles. The van der Waals surface area contributed by atoms with Crippen LogP contribution in [0.1, 0.15) is 0 Å². The molecule has 0 aliphatic carbocycles. The van der Waals surface area contributed by atoms with Crippen molar-refractivity contribution in [2.24, 2.45) is 0 Å². The standard InChI is InChI=1S/C6H7NO3S.2C2H2O/c7-5-1-3-6(4-2-5)11(8,9)10;2*1-2-3/h1-4H,7H2,(H,8,9,10);2*1H2. The first-order chi connectivity index (χ1) is 7.83. The fourth-order valence-electron chi connectivity index (χ4n) is 0.640. The van der Waals surface area contributed by atoms with Crippen molar-refractivity contribution >= 4 is 27.7 Å². The molecule has 0 aromatic heterocycles. The van der Waals surface area contributed by atoms with E-state index in [1.165, 1.54) is 36.1 Å². The highest BCUT2D eigenvalue weighted by atomic mass is 32.2. The molecular formula is C10H11NO5S. The zero-order valence-corrected chi connectivity index (χ0v) is 9.61. The normalized spacial score (nSPS) is 8.29. The Bertz CT molecular complexity index is 480. The first-order valence-electron chi connectivity index (χ1n) is 3.95. The Labute approximate surface area is 98.8 Å². The maximum absolute atomic E-state index is 10.5. The van der Waals surface area contributed by atoms with Crippen molar-refractivity contribution < 1.29 is 22.6 Å². The summed E-state index contributed by atoms with van der Waals surface area (Å²) in [6.45, 7) is 5.36. The molecule has 1 rings (SSSR count). The molecule has 0 aliphatic rings. The van der Waals surface area contributed by atoms with E-state index in [4.69, 9.17) is 19.9 Å². The summed E-state index contributed by atoms with van der Waals surface area (Å²) in [6.07, 6.45) is 0. The average molecular weight is 257 g/mol. The second-order valence-electron chi connectivity index (χ2n) is 2.33. The SMILES string of the molecule is C=C=O.C=C=O.Nc1ccc(S(=O)(=O)O)cc1. The van der Waals surface area contributed by atoms with Crippen molar-refractivity contribution in [3.63, 3.8) is 0 Å². The van der Waals surface area contributed by atoms with Crippen molar-refractivity contribution in [1.82, 2.24) is 0 Å². The molecule has 3 N–H and O–H groups in total. The Hall–Kier alpha value is -2.17. The molecule has 0 saturated carbocycles. The predicted octanol–water partition coefficient (Wildman–Crippen LogP) is 0.523. The van der Waals surface area contributed by atoms with E-state index < -0.39 is 10.1 Å². The van der Waals surface area contributed by atoms with Crippen LogP contribution in [-0.2, 0) is 19.7 Å². The molecule has 6 nitrogen and oxygen atoms in total. The van der Waals surface area contributed by atoms with Crippen LogP contribution < -0.4 is 5.73 Å². The van der Waals surface area contributed by atoms with Gasteiger partial charge >= 0.3 is 0 Å². The first kappa shape index (κ1) is 17.2. The quantitative estimate of drug-likeness (QED) is 0.430. The number of hydrogen-bond acceptors (Lipinski definition) is 5. The van der Waals surface area contributed by atoms with Crippen molar-refractivity contribution in [1.29, 1.82) is 0 Å². The zero-order valence-electron chi connectivity index (χ0n) is 8.79. The molecule has 0 fully saturated rings. The lowest BCUT2D eigenvalue weighted by atomic mass is 10.3. The fraction of sp³-hybridized carbons (Fsp3) is 0. The van der Waals surface area contributed by atoms with E-state index in [2.05, 4.69) is 13.2 Å². The van der Waals surface area contributed by atoms with E-state index in [1.807, 2.05) is 0 Å². The monoisotopic (exact) mass is 257 g/mol. The van der Waals surface area contributed by atoms with Crippen molar-refractivity contribution in [2.45, 2.75) is 4.90 Å². The van der Waals surface area contributed by atoms with Crippen LogP contribution in [0.4, 0.5) is 5.69 Å². The molecule has 0 bridgehead atoms. The third-order valence-corrected chi connectivity index (χ3v) is 2.05. The molecule has 17 heavy (non-hydrogen) atoms. The highest BCUT2D eigenvalue weighted by Crippen LogP contribution is 2.10. The minimum Gasteiger partial charge on any atom is -0.399 e. The van der Waals surface area contributed by atoms with Gasteiger partial charge in [-0.05, 0) is 37.4 Å². The third-order valence-electron chi connectivity index (χ3n) is 1.18. The van der Waals surface area contributed by atoms with Crippen molar-refractivity contribution in [3.8, 4) is 0 Å². The average Bonchev–Trinajstić information content (AvgIpc) is 2.19. The smallest absolute Gasteiger partial charge is 0.294 e. The molecular weight excluding hydrogens is 246 g/mol. The van der Waals surface area contributed by atoms with E-state index >= 15 is 0 Å². The maximum Gasteiger partial charge on any atom is 0.294 e. The fourth-order valence-corrected chi connectivity index (χ4v) is 1.12. The molecule has 0 heterocycles. The molecule has 0 aliphatic heterocycles. The van der Waals surface area contributed by atoms with Crippen LogP contribution in [0.15, 0.2) is 42.3 Å². The molecule has 0 atom stereocenters. The summed E-state index contributed by atoms with van der Waals surface area (Å²) in [5.41, 5.74) is 5.75. The molecule has 0 amide bonds. The van der Waals surface area contributed by atoms with Gasteiger partial charge in [0.15, 0.2) is 0 Å². The summed E-state index contributed by atoms with van der Waals surface area (Å²) in [5, 5.41) is 0. The lowest BCUT2D eigenvalue weighted by Gasteiger charge is -1.95. The molecule has 1 aromatic carbocycles. The summed E-state index contributed by atoms with van der Waals surface area (Å²) >= 11 is 0. The van der Waals surface area contributed by atoms with Crippen molar-refractivity contribution in [3.05, 3.63) is 37.4 Å². The predicted molar refractivity (Wildman–Crippen MR) is 63.3 cm³/mol. The van der Waals surface area contributed by atoms with Gasteiger partial charge in [-0.2, -0.15) is 8.42 Å². The Morgan fingerprint density at radius 2 is 1.35 bits per heavy atom. The zero-order chi connectivity index (χ0) is 13.9. The molecule has 1 aromatic rings. The van der Waals surface area contributed by atoms with E-state index in [1.54, 1.807) is 0 Å². The number of nitrogen functional groups attached to an aromatic ring is 1. The van der Waals surface area contributed by atoms with Crippen molar-refractivity contribution in [2.75, 3.05) is 5.73 Å². The Kier molecular flexibility index (Phi) is 9.21. The van der Waals surface area contributed by atoms with Gasteiger partial charge in [-0.1, -0.05) is 0 Å². The molecule has 0 unspecified atom stereocenters. The van der Waals surface area contributed by atoms with Crippen LogP contribution >= 0.6 is 0 Å².